The number of carbonyl (C=O) groups excluding carboxylic acids is 1. The van der Waals surface area contributed by atoms with Gasteiger partial charge in [-0.2, -0.15) is 0 Å². The second-order valence-corrected chi connectivity index (χ2v) is 6.21. The normalized spacial score (nSPS) is 11.4. The predicted octanol–water partition coefficient (Wildman–Crippen LogP) is 4.52. The van der Waals surface area contributed by atoms with Crippen LogP contribution < -0.4 is 5.32 Å². The minimum absolute atomic E-state index is 0.0294. The summed E-state index contributed by atoms with van der Waals surface area (Å²) in [4.78, 5) is 12.1. The van der Waals surface area contributed by atoms with E-state index in [0.29, 0.717) is 5.56 Å². The van der Waals surface area contributed by atoms with Crippen LogP contribution in [0.2, 0.25) is 0 Å². The number of benzene rings is 1. The lowest BCUT2D eigenvalue weighted by Gasteiger charge is -2.28. The Balaban J connectivity index is 2.90. The van der Waals surface area contributed by atoms with Gasteiger partial charge in [-0.3, -0.25) is 4.79 Å². The molecule has 0 unspecified atom stereocenters. The maximum absolute atomic E-state index is 12.1. The van der Waals surface area contributed by atoms with E-state index in [1.54, 1.807) is 0 Å². The third-order valence-corrected chi connectivity index (χ3v) is 4.02. The van der Waals surface area contributed by atoms with Crippen molar-refractivity contribution >= 4 is 37.8 Å². The number of amides is 1. The van der Waals surface area contributed by atoms with Crippen molar-refractivity contribution in [3.63, 3.8) is 0 Å². The molecule has 2 nitrogen and oxygen atoms in total. The van der Waals surface area contributed by atoms with Crippen molar-refractivity contribution in [1.82, 2.24) is 5.32 Å². The second-order valence-electron chi connectivity index (χ2n) is 4.38. The predicted molar refractivity (Wildman–Crippen MR) is 78.3 cm³/mol. The molecule has 0 spiro atoms. The van der Waals surface area contributed by atoms with Crippen molar-refractivity contribution in [3.8, 4) is 0 Å². The molecule has 0 saturated heterocycles. The summed E-state index contributed by atoms with van der Waals surface area (Å²) in [6.07, 6.45) is 1.84. The Labute approximate surface area is 119 Å². The van der Waals surface area contributed by atoms with Gasteiger partial charge in [0.25, 0.3) is 5.91 Å². The Morgan fingerprint density at radius 3 is 2.06 bits per heavy atom. The summed E-state index contributed by atoms with van der Waals surface area (Å²) >= 11 is 6.77. The van der Waals surface area contributed by atoms with E-state index in [4.69, 9.17) is 0 Å². The third kappa shape index (κ3) is 4.11. The molecule has 1 aromatic carbocycles. The SMILES string of the molecule is CCC(C)(CC)NC(=O)c1cc(Br)cc(Br)c1. The summed E-state index contributed by atoms with van der Waals surface area (Å²) in [5, 5.41) is 3.08. The van der Waals surface area contributed by atoms with Crippen LogP contribution in [0.15, 0.2) is 27.1 Å². The summed E-state index contributed by atoms with van der Waals surface area (Å²) in [5.74, 6) is -0.0294. The van der Waals surface area contributed by atoms with E-state index in [1.165, 1.54) is 0 Å². The Kier molecular flexibility index (Phi) is 5.20. The minimum atomic E-state index is -0.133. The molecule has 4 heteroatoms. The Morgan fingerprint density at radius 2 is 1.65 bits per heavy atom. The highest BCUT2D eigenvalue weighted by molar-refractivity contribution is 9.11. The molecule has 94 valence electrons. The quantitative estimate of drug-likeness (QED) is 0.838. The van der Waals surface area contributed by atoms with Crippen LogP contribution in [0.5, 0.6) is 0 Å². The minimum Gasteiger partial charge on any atom is -0.347 e. The van der Waals surface area contributed by atoms with Gasteiger partial charge in [-0.15, -0.1) is 0 Å². The molecular formula is C13H17Br2NO. The zero-order valence-corrected chi connectivity index (χ0v) is 13.5. The average Bonchev–Trinajstić information content (AvgIpc) is 2.27. The van der Waals surface area contributed by atoms with Gasteiger partial charge in [0.05, 0.1) is 0 Å². The maximum Gasteiger partial charge on any atom is 0.251 e. The smallest absolute Gasteiger partial charge is 0.251 e. The number of carbonyl (C=O) groups is 1. The van der Waals surface area contributed by atoms with E-state index >= 15 is 0 Å². The Morgan fingerprint density at radius 1 is 1.18 bits per heavy atom. The lowest BCUT2D eigenvalue weighted by molar-refractivity contribution is 0.0901. The molecule has 17 heavy (non-hydrogen) atoms. The van der Waals surface area contributed by atoms with Crippen molar-refractivity contribution in [3.05, 3.63) is 32.7 Å². The monoisotopic (exact) mass is 361 g/mol. The first-order valence-electron chi connectivity index (χ1n) is 5.69. The molecule has 0 aliphatic carbocycles. The van der Waals surface area contributed by atoms with Crippen molar-refractivity contribution in [2.24, 2.45) is 0 Å². The lowest BCUT2D eigenvalue weighted by atomic mass is 9.95. The summed E-state index contributed by atoms with van der Waals surface area (Å²) in [6.45, 7) is 6.24. The van der Waals surface area contributed by atoms with Gasteiger partial charge in [0.15, 0.2) is 0 Å². The van der Waals surface area contributed by atoms with Gasteiger partial charge in [0.1, 0.15) is 0 Å². The van der Waals surface area contributed by atoms with Crippen LogP contribution in [0, 0.1) is 0 Å². The van der Waals surface area contributed by atoms with Crippen LogP contribution in [0.1, 0.15) is 44.0 Å². The van der Waals surface area contributed by atoms with Gasteiger partial charge in [-0.1, -0.05) is 45.7 Å². The summed E-state index contributed by atoms with van der Waals surface area (Å²) in [5.41, 5.74) is 0.533. The topological polar surface area (TPSA) is 29.1 Å². The van der Waals surface area contributed by atoms with Gasteiger partial charge in [-0.25, -0.2) is 0 Å². The molecule has 0 bridgehead atoms. The van der Waals surface area contributed by atoms with Gasteiger partial charge in [0.2, 0.25) is 0 Å². The molecule has 0 fully saturated rings. The number of hydrogen-bond acceptors (Lipinski definition) is 1. The van der Waals surface area contributed by atoms with Gasteiger partial charge >= 0.3 is 0 Å². The van der Waals surface area contributed by atoms with Crippen LogP contribution in [-0.2, 0) is 0 Å². The first-order valence-corrected chi connectivity index (χ1v) is 7.27. The highest BCUT2D eigenvalue weighted by Gasteiger charge is 2.22. The molecule has 0 aliphatic heterocycles. The van der Waals surface area contributed by atoms with Crippen molar-refractivity contribution in [2.75, 3.05) is 0 Å². The fraction of sp³-hybridized carbons (Fsp3) is 0.462. The standard InChI is InChI=1S/C13H17Br2NO/c1-4-13(3,5-2)16-12(17)9-6-10(14)8-11(15)7-9/h6-8H,4-5H2,1-3H3,(H,16,17). The lowest BCUT2D eigenvalue weighted by Crippen LogP contribution is -2.44. The van der Waals surface area contributed by atoms with E-state index in [0.717, 1.165) is 21.8 Å². The number of nitrogens with one attached hydrogen (secondary N) is 1. The molecule has 1 amide bonds. The molecule has 0 radical (unpaired) electrons. The summed E-state index contributed by atoms with van der Waals surface area (Å²) < 4.78 is 1.79. The van der Waals surface area contributed by atoms with Crippen LogP contribution in [0.3, 0.4) is 0 Å². The Bertz CT molecular complexity index is 394. The van der Waals surface area contributed by atoms with E-state index < -0.39 is 0 Å². The zero-order chi connectivity index (χ0) is 13.1. The van der Waals surface area contributed by atoms with E-state index in [2.05, 4.69) is 57.9 Å². The molecule has 1 aromatic rings. The highest BCUT2D eigenvalue weighted by atomic mass is 79.9. The number of halogens is 2. The molecule has 1 rings (SSSR count). The molecule has 0 aromatic heterocycles. The largest absolute Gasteiger partial charge is 0.347 e. The van der Waals surface area contributed by atoms with Crippen molar-refractivity contribution < 1.29 is 4.79 Å². The van der Waals surface area contributed by atoms with E-state index in [1.807, 2.05) is 18.2 Å². The fourth-order valence-electron chi connectivity index (χ4n) is 1.46. The summed E-state index contributed by atoms with van der Waals surface area (Å²) in [6, 6.07) is 5.56. The van der Waals surface area contributed by atoms with Gasteiger partial charge < -0.3 is 5.32 Å². The number of hydrogen-bond donors (Lipinski definition) is 1. The third-order valence-electron chi connectivity index (χ3n) is 3.10. The summed E-state index contributed by atoms with van der Waals surface area (Å²) in [7, 11) is 0. The highest BCUT2D eigenvalue weighted by Crippen LogP contribution is 2.21. The molecular weight excluding hydrogens is 346 g/mol. The molecule has 0 atom stereocenters. The first-order chi connectivity index (χ1) is 7.90. The fourth-order valence-corrected chi connectivity index (χ4v) is 2.75. The van der Waals surface area contributed by atoms with Gasteiger partial charge in [0, 0.05) is 20.0 Å². The average molecular weight is 363 g/mol. The van der Waals surface area contributed by atoms with Crippen molar-refractivity contribution in [2.45, 2.75) is 39.2 Å². The van der Waals surface area contributed by atoms with Gasteiger partial charge in [-0.05, 0) is 38.0 Å². The maximum atomic E-state index is 12.1. The second kappa shape index (κ2) is 6.01. The number of rotatable bonds is 4. The van der Waals surface area contributed by atoms with Crippen LogP contribution in [-0.4, -0.2) is 11.4 Å². The molecule has 0 saturated carbocycles. The first kappa shape index (κ1) is 14.7. The van der Waals surface area contributed by atoms with E-state index in [9.17, 15) is 4.79 Å². The van der Waals surface area contributed by atoms with Crippen molar-refractivity contribution in [1.29, 1.82) is 0 Å². The molecule has 0 heterocycles. The van der Waals surface area contributed by atoms with Crippen LogP contribution in [0.4, 0.5) is 0 Å². The molecule has 1 N–H and O–H groups in total. The Hall–Kier alpha value is -0.350. The van der Waals surface area contributed by atoms with E-state index in [-0.39, 0.29) is 11.4 Å². The molecule has 0 aliphatic rings. The van der Waals surface area contributed by atoms with Crippen LogP contribution >= 0.6 is 31.9 Å². The van der Waals surface area contributed by atoms with Crippen LogP contribution in [0.25, 0.3) is 0 Å². The zero-order valence-electron chi connectivity index (χ0n) is 10.3.